The summed E-state index contributed by atoms with van der Waals surface area (Å²) in [5, 5.41) is 8.94. The van der Waals surface area contributed by atoms with Crippen LogP contribution in [0.15, 0.2) is 18.2 Å². The molecule has 1 heterocycles. The van der Waals surface area contributed by atoms with Crippen molar-refractivity contribution in [3.05, 3.63) is 29.6 Å². The van der Waals surface area contributed by atoms with Crippen LogP contribution in [-0.2, 0) is 0 Å². The molecule has 1 fully saturated rings. The zero-order chi connectivity index (χ0) is 12.3. The number of nitrogens with zero attached hydrogens (tertiary/aromatic N) is 1. The lowest BCUT2D eigenvalue weighted by Crippen LogP contribution is -2.30. The second kappa shape index (κ2) is 5.47. The summed E-state index contributed by atoms with van der Waals surface area (Å²) in [6, 6.07) is 4.50. The van der Waals surface area contributed by atoms with Gasteiger partial charge in [-0.3, -0.25) is 0 Å². The fraction of sp³-hybridized carbons (Fsp3) is 0.538. The third-order valence-electron chi connectivity index (χ3n) is 3.29. The Labute approximate surface area is 101 Å². The second-order valence-electron chi connectivity index (χ2n) is 4.55. The largest absolute Gasteiger partial charge is 0.394 e. The molecule has 1 aromatic carbocycles. The smallest absolute Gasteiger partial charge is 0.146 e. The molecular weight excluding hydrogens is 219 g/mol. The average molecular weight is 238 g/mol. The van der Waals surface area contributed by atoms with Gasteiger partial charge in [0.2, 0.25) is 0 Å². The van der Waals surface area contributed by atoms with Crippen LogP contribution in [-0.4, -0.2) is 24.8 Å². The van der Waals surface area contributed by atoms with Crippen molar-refractivity contribution < 1.29 is 9.50 Å². The molecule has 94 valence electrons. The number of aliphatic hydroxyl groups is 1. The van der Waals surface area contributed by atoms with Crippen LogP contribution in [0.3, 0.4) is 0 Å². The minimum atomic E-state index is -0.500. The maximum atomic E-state index is 14.0. The number of piperidine rings is 1. The van der Waals surface area contributed by atoms with Gasteiger partial charge in [-0.05, 0) is 37.0 Å². The van der Waals surface area contributed by atoms with Gasteiger partial charge in [0.05, 0.1) is 18.3 Å². The molecule has 4 heteroatoms. The molecule has 2 rings (SSSR count). The number of benzene rings is 1. The Kier molecular flexibility index (Phi) is 3.97. The van der Waals surface area contributed by atoms with E-state index in [9.17, 15) is 4.39 Å². The number of anilines is 1. The van der Waals surface area contributed by atoms with E-state index >= 15 is 0 Å². The van der Waals surface area contributed by atoms with Crippen molar-refractivity contribution in [2.45, 2.75) is 25.3 Å². The second-order valence-corrected chi connectivity index (χ2v) is 4.55. The summed E-state index contributed by atoms with van der Waals surface area (Å²) in [7, 11) is 0. The first-order chi connectivity index (χ1) is 8.22. The zero-order valence-electron chi connectivity index (χ0n) is 9.90. The summed E-state index contributed by atoms with van der Waals surface area (Å²) in [4.78, 5) is 2.08. The number of hydrogen-bond donors (Lipinski definition) is 2. The molecule has 17 heavy (non-hydrogen) atoms. The van der Waals surface area contributed by atoms with Gasteiger partial charge in [0.15, 0.2) is 0 Å². The Morgan fingerprint density at radius 1 is 1.29 bits per heavy atom. The van der Waals surface area contributed by atoms with E-state index < -0.39 is 6.04 Å². The van der Waals surface area contributed by atoms with Crippen LogP contribution >= 0.6 is 0 Å². The first-order valence-electron chi connectivity index (χ1n) is 6.13. The molecule has 0 spiro atoms. The molecule has 1 aliphatic rings. The van der Waals surface area contributed by atoms with E-state index in [2.05, 4.69) is 4.90 Å². The highest BCUT2D eigenvalue weighted by Crippen LogP contribution is 2.25. The first-order valence-corrected chi connectivity index (χ1v) is 6.13. The van der Waals surface area contributed by atoms with Crippen LogP contribution in [0.2, 0.25) is 0 Å². The lowest BCUT2D eigenvalue weighted by molar-refractivity contribution is 0.268. The number of hydrogen-bond acceptors (Lipinski definition) is 3. The third kappa shape index (κ3) is 2.76. The lowest BCUT2D eigenvalue weighted by Gasteiger charge is -2.29. The fourth-order valence-electron chi connectivity index (χ4n) is 2.25. The molecule has 0 aliphatic carbocycles. The molecule has 0 bridgehead atoms. The highest BCUT2D eigenvalue weighted by atomic mass is 19.1. The number of nitrogens with two attached hydrogens (primary N) is 1. The van der Waals surface area contributed by atoms with Crippen LogP contribution in [0, 0.1) is 5.82 Å². The molecule has 0 radical (unpaired) electrons. The van der Waals surface area contributed by atoms with Crippen LogP contribution in [0.25, 0.3) is 0 Å². The Hall–Kier alpha value is -1.13. The average Bonchev–Trinajstić information content (AvgIpc) is 2.38. The van der Waals surface area contributed by atoms with Gasteiger partial charge in [0.25, 0.3) is 0 Å². The minimum absolute atomic E-state index is 0.164. The maximum Gasteiger partial charge on any atom is 0.146 e. The number of halogens is 1. The maximum absolute atomic E-state index is 14.0. The van der Waals surface area contributed by atoms with Crippen LogP contribution in [0.1, 0.15) is 30.9 Å². The SMILES string of the molecule is N[C@H](CO)c1ccc(N2CCCCC2)c(F)c1. The van der Waals surface area contributed by atoms with Gasteiger partial charge >= 0.3 is 0 Å². The molecule has 0 amide bonds. The normalized spacial score (nSPS) is 18.2. The van der Waals surface area contributed by atoms with E-state index in [4.69, 9.17) is 10.8 Å². The molecule has 0 aromatic heterocycles. The van der Waals surface area contributed by atoms with Crippen molar-refractivity contribution in [3.63, 3.8) is 0 Å². The van der Waals surface area contributed by atoms with Crippen molar-refractivity contribution in [2.75, 3.05) is 24.6 Å². The van der Waals surface area contributed by atoms with Crippen molar-refractivity contribution in [3.8, 4) is 0 Å². The molecular formula is C13H19FN2O. The summed E-state index contributed by atoms with van der Waals surface area (Å²) in [6.45, 7) is 1.67. The Balaban J connectivity index is 2.18. The van der Waals surface area contributed by atoms with Crippen LogP contribution in [0.5, 0.6) is 0 Å². The monoisotopic (exact) mass is 238 g/mol. The predicted octanol–water partition coefficient (Wildman–Crippen LogP) is 1.81. The molecule has 1 atom stereocenters. The summed E-state index contributed by atoms with van der Waals surface area (Å²) in [6.07, 6.45) is 3.47. The van der Waals surface area contributed by atoms with E-state index in [-0.39, 0.29) is 12.4 Å². The first kappa shape index (κ1) is 12.3. The number of aliphatic hydroxyl groups excluding tert-OH is 1. The van der Waals surface area contributed by atoms with Crippen molar-refractivity contribution in [2.24, 2.45) is 5.73 Å². The lowest BCUT2D eigenvalue weighted by atomic mass is 10.1. The molecule has 1 aromatic rings. The van der Waals surface area contributed by atoms with Crippen LogP contribution < -0.4 is 10.6 Å². The summed E-state index contributed by atoms with van der Waals surface area (Å²) >= 11 is 0. The molecule has 1 aliphatic heterocycles. The van der Waals surface area contributed by atoms with E-state index in [1.807, 2.05) is 0 Å². The molecule has 0 saturated carbocycles. The topological polar surface area (TPSA) is 49.5 Å². The van der Waals surface area contributed by atoms with Crippen molar-refractivity contribution >= 4 is 5.69 Å². The standard InChI is InChI=1S/C13H19FN2O/c14-11-8-10(12(15)9-17)4-5-13(11)16-6-2-1-3-7-16/h4-5,8,12,17H,1-3,6-7,9,15H2/t12-/m1/s1. The third-order valence-corrected chi connectivity index (χ3v) is 3.29. The summed E-state index contributed by atoms with van der Waals surface area (Å²) in [5.41, 5.74) is 6.96. The van der Waals surface area contributed by atoms with Gasteiger partial charge < -0.3 is 15.7 Å². The Morgan fingerprint density at radius 3 is 2.59 bits per heavy atom. The highest BCUT2D eigenvalue weighted by molar-refractivity contribution is 5.49. The van der Waals surface area contributed by atoms with Gasteiger partial charge in [0.1, 0.15) is 5.82 Å². The molecule has 3 nitrogen and oxygen atoms in total. The van der Waals surface area contributed by atoms with E-state index in [0.29, 0.717) is 11.3 Å². The van der Waals surface area contributed by atoms with E-state index in [0.717, 1.165) is 25.9 Å². The van der Waals surface area contributed by atoms with Gasteiger partial charge in [-0.1, -0.05) is 6.07 Å². The fourth-order valence-corrected chi connectivity index (χ4v) is 2.25. The van der Waals surface area contributed by atoms with Crippen molar-refractivity contribution in [1.29, 1.82) is 0 Å². The summed E-state index contributed by atoms with van der Waals surface area (Å²) < 4.78 is 14.0. The van der Waals surface area contributed by atoms with Gasteiger partial charge in [-0.25, -0.2) is 4.39 Å². The van der Waals surface area contributed by atoms with E-state index in [1.165, 1.54) is 12.5 Å². The highest BCUT2D eigenvalue weighted by Gasteiger charge is 2.16. The quantitative estimate of drug-likeness (QED) is 0.844. The molecule has 1 saturated heterocycles. The van der Waals surface area contributed by atoms with Gasteiger partial charge in [0, 0.05) is 13.1 Å². The Morgan fingerprint density at radius 2 is 2.00 bits per heavy atom. The zero-order valence-corrected chi connectivity index (χ0v) is 9.90. The number of rotatable bonds is 3. The van der Waals surface area contributed by atoms with Gasteiger partial charge in [-0.2, -0.15) is 0 Å². The van der Waals surface area contributed by atoms with Crippen molar-refractivity contribution in [1.82, 2.24) is 0 Å². The molecule has 0 unspecified atom stereocenters. The summed E-state index contributed by atoms with van der Waals surface area (Å²) in [5.74, 6) is -0.242. The Bertz CT molecular complexity index is 378. The van der Waals surface area contributed by atoms with E-state index in [1.54, 1.807) is 12.1 Å². The van der Waals surface area contributed by atoms with Gasteiger partial charge in [-0.15, -0.1) is 0 Å². The minimum Gasteiger partial charge on any atom is -0.394 e. The van der Waals surface area contributed by atoms with Crippen LogP contribution in [0.4, 0.5) is 10.1 Å². The molecule has 3 N–H and O–H groups in total. The predicted molar refractivity (Wildman–Crippen MR) is 66.5 cm³/mol.